The number of hydrogen-bond acceptors (Lipinski definition) is 3. The van der Waals surface area contributed by atoms with Crippen molar-refractivity contribution in [1.82, 2.24) is 4.90 Å². The van der Waals surface area contributed by atoms with Gasteiger partial charge >= 0.3 is 0 Å². The van der Waals surface area contributed by atoms with Gasteiger partial charge in [-0.25, -0.2) is 4.99 Å². The molecule has 2 aliphatic heterocycles. The Morgan fingerprint density at radius 2 is 1.47 bits per heavy atom. The van der Waals surface area contributed by atoms with E-state index in [0.717, 1.165) is 28.1 Å². The molecule has 5 rings (SSSR count). The maximum absolute atomic E-state index is 13.5. The highest BCUT2D eigenvalue weighted by molar-refractivity contribution is 6.47. The van der Waals surface area contributed by atoms with E-state index in [-0.39, 0.29) is 11.3 Å². The molecule has 1 atom stereocenters. The van der Waals surface area contributed by atoms with E-state index >= 15 is 0 Å². The molecule has 0 fully saturated rings. The van der Waals surface area contributed by atoms with Gasteiger partial charge in [0.15, 0.2) is 5.84 Å². The number of carbonyl (C=O) groups is 1. The highest BCUT2D eigenvalue weighted by Crippen LogP contribution is 2.28. The number of amides is 1. The van der Waals surface area contributed by atoms with Gasteiger partial charge in [-0.1, -0.05) is 106 Å². The Bertz CT molecular complexity index is 1280. The van der Waals surface area contributed by atoms with Crippen molar-refractivity contribution in [3.63, 3.8) is 0 Å². The van der Waals surface area contributed by atoms with Crippen LogP contribution in [-0.4, -0.2) is 28.4 Å². The molecule has 4 nitrogen and oxygen atoms in total. The Kier molecular flexibility index (Phi) is 5.74. The summed E-state index contributed by atoms with van der Waals surface area (Å²) in [5, 5.41) is 0. The Morgan fingerprint density at radius 3 is 2.12 bits per heavy atom. The molecule has 2 aliphatic rings. The molecule has 0 aliphatic carbocycles. The van der Waals surface area contributed by atoms with Crippen molar-refractivity contribution in [2.45, 2.75) is 45.1 Å². The Morgan fingerprint density at radius 1 is 0.824 bits per heavy atom. The van der Waals surface area contributed by atoms with Crippen LogP contribution in [0, 0.1) is 0 Å². The molecule has 3 aromatic carbocycles. The molecule has 0 bridgehead atoms. The minimum absolute atomic E-state index is 0.00351. The Balaban J connectivity index is 1.46. The van der Waals surface area contributed by atoms with Crippen molar-refractivity contribution in [2.75, 3.05) is 0 Å². The summed E-state index contributed by atoms with van der Waals surface area (Å²) in [7, 11) is 0. The molecule has 0 N–H and O–H groups in total. The van der Waals surface area contributed by atoms with Crippen LogP contribution in [0.4, 0.5) is 0 Å². The fourth-order valence-corrected chi connectivity index (χ4v) is 4.37. The SMILES string of the molecule is CC(C)(C)c1ccc(CC2N=C3C(Cc4ccccc4)=NC(c4ccccc4)=CN3C2=O)cc1. The quantitative estimate of drug-likeness (QED) is 0.485. The van der Waals surface area contributed by atoms with E-state index < -0.39 is 6.04 Å². The second-order valence-electron chi connectivity index (χ2n) is 9.93. The smallest absolute Gasteiger partial charge is 0.257 e. The number of nitrogens with zero attached hydrogens (tertiary/aromatic N) is 3. The fourth-order valence-electron chi connectivity index (χ4n) is 4.37. The number of fused-ring (bicyclic) bond motifs is 1. The number of carbonyl (C=O) groups excluding carboxylic acids is 1. The summed E-state index contributed by atoms with van der Waals surface area (Å²) < 4.78 is 0. The first-order valence-corrected chi connectivity index (χ1v) is 11.8. The highest BCUT2D eigenvalue weighted by atomic mass is 16.2. The summed E-state index contributed by atoms with van der Waals surface area (Å²) in [4.78, 5) is 25.0. The third-order valence-corrected chi connectivity index (χ3v) is 6.33. The van der Waals surface area contributed by atoms with Gasteiger partial charge in [-0.15, -0.1) is 0 Å². The summed E-state index contributed by atoms with van der Waals surface area (Å²) in [6.07, 6.45) is 3.05. The van der Waals surface area contributed by atoms with Crippen LogP contribution in [0.3, 0.4) is 0 Å². The van der Waals surface area contributed by atoms with E-state index in [2.05, 4.69) is 57.2 Å². The van der Waals surface area contributed by atoms with Crippen LogP contribution in [0.1, 0.15) is 43.0 Å². The van der Waals surface area contributed by atoms with Crippen LogP contribution in [-0.2, 0) is 23.1 Å². The fraction of sp³-hybridized carbons (Fsp3) is 0.233. The van der Waals surface area contributed by atoms with Gasteiger partial charge in [-0.3, -0.25) is 14.7 Å². The van der Waals surface area contributed by atoms with Gasteiger partial charge in [-0.05, 0) is 22.1 Å². The monoisotopic (exact) mass is 447 g/mol. The molecule has 34 heavy (non-hydrogen) atoms. The first-order valence-electron chi connectivity index (χ1n) is 11.8. The van der Waals surface area contributed by atoms with Gasteiger partial charge < -0.3 is 0 Å². The lowest BCUT2D eigenvalue weighted by Gasteiger charge is -2.22. The molecule has 1 unspecified atom stereocenters. The van der Waals surface area contributed by atoms with Crippen LogP contribution in [0.5, 0.6) is 0 Å². The van der Waals surface area contributed by atoms with Crippen LogP contribution >= 0.6 is 0 Å². The number of benzene rings is 3. The average Bonchev–Trinajstić information content (AvgIpc) is 3.15. The molecule has 3 aromatic rings. The minimum atomic E-state index is -0.442. The van der Waals surface area contributed by atoms with Crippen LogP contribution < -0.4 is 0 Å². The van der Waals surface area contributed by atoms with Crippen LogP contribution in [0.2, 0.25) is 0 Å². The number of rotatable bonds is 5. The first kappa shape index (κ1) is 22.0. The zero-order chi connectivity index (χ0) is 23.7. The van der Waals surface area contributed by atoms with E-state index in [4.69, 9.17) is 9.98 Å². The summed E-state index contributed by atoms with van der Waals surface area (Å²) in [5.41, 5.74) is 6.24. The third-order valence-electron chi connectivity index (χ3n) is 6.33. The summed E-state index contributed by atoms with van der Waals surface area (Å²) >= 11 is 0. The topological polar surface area (TPSA) is 45.0 Å². The van der Waals surface area contributed by atoms with Gasteiger partial charge in [0, 0.05) is 24.6 Å². The lowest BCUT2D eigenvalue weighted by molar-refractivity contribution is -0.125. The number of hydrogen-bond donors (Lipinski definition) is 0. The van der Waals surface area contributed by atoms with E-state index in [1.165, 1.54) is 5.56 Å². The van der Waals surface area contributed by atoms with E-state index in [0.29, 0.717) is 18.7 Å². The van der Waals surface area contributed by atoms with Crippen molar-refractivity contribution >= 4 is 23.2 Å². The van der Waals surface area contributed by atoms with Crippen molar-refractivity contribution in [1.29, 1.82) is 0 Å². The maximum atomic E-state index is 13.5. The third kappa shape index (κ3) is 4.49. The second kappa shape index (κ2) is 8.86. The van der Waals surface area contributed by atoms with E-state index in [1.807, 2.05) is 54.7 Å². The average molecular weight is 448 g/mol. The predicted octanol–water partition coefficient (Wildman–Crippen LogP) is 5.83. The van der Waals surface area contributed by atoms with E-state index in [9.17, 15) is 4.79 Å². The van der Waals surface area contributed by atoms with Crippen molar-refractivity contribution in [3.05, 3.63) is 113 Å². The van der Waals surface area contributed by atoms with Crippen molar-refractivity contribution in [2.24, 2.45) is 9.98 Å². The molecule has 0 saturated carbocycles. The lowest BCUT2D eigenvalue weighted by atomic mass is 9.86. The highest BCUT2D eigenvalue weighted by Gasteiger charge is 2.38. The molecule has 1 amide bonds. The normalized spacial score (nSPS) is 17.7. The number of aliphatic imine (C=N–C) groups is 2. The molecular formula is C30H29N3O. The zero-order valence-electron chi connectivity index (χ0n) is 19.9. The molecule has 0 radical (unpaired) electrons. The van der Waals surface area contributed by atoms with Gasteiger partial charge in [0.05, 0.1) is 11.4 Å². The molecule has 0 aromatic heterocycles. The predicted molar refractivity (Wildman–Crippen MR) is 139 cm³/mol. The first-order chi connectivity index (χ1) is 16.4. The van der Waals surface area contributed by atoms with Gasteiger partial charge in [0.1, 0.15) is 6.04 Å². The van der Waals surface area contributed by atoms with Crippen LogP contribution in [0.25, 0.3) is 5.70 Å². The summed E-state index contributed by atoms with van der Waals surface area (Å²) in [6, 6.07) is 28.3. The largest absolute Gasteiger partial charge is 0.272 e. The molecular weight excluding hydrogens is 418 g/mol. The van der Waals surface area contributed by atoms with Crippen molar-refractivity contribution < 1.29 is 4.79 Å². The molecule has 0 spiro atoms. The van der Waals surface area contributed by atoms with Gasteiger partial charge in [-0.2, -0.15) is 0 Å². The van der Waals surface area contributed by atoms with Crippen LogP contribution in [0.15, 0.2) is 101 Å². The summed E-state index contributed by atoms with van der Waals surface area (Å²) in [5.74, 6) is 0.675. The Labute approximate surface area is 201 Å². The van der Waals surface area contributed by atoms with Gasteiger partial charge in [0.25, 0.3) is 5.91 Å². The lowest BCUT2D eigenvalue weighted by Crippen LogP contribution is -2.38. The maximum Gasteiger partial charge on any atom is 0.257 e. The standard InChI is InChI=1S/C30H29N3O/c1-30(2,3)24-16-14-22(15-17-24)19-26-29(34)33-20-27(23-12-8-5-9-13-23)31-25(28(33)32-26)18-21-10-6-4-7-11-21/h4-17,20,26H,18-19H2,1-3H3. The molecule has 0 saturated heterocycles. The van der Waals surface area contributed by atoms with E-state index in [1.54, 1.807) is 4.90 Å². The molecule has 2 heterocycles. The van der Waals surface area contributed by atoms with Gasteiger partial charge in [0.2, 0.25) is 0 Å². The second-order valence-corrected chi connectivity index (χ2v) is 9.93. The van der Waals surface area contributed by atoms with Crippen molar-refractivity contribution in [3.8, 4) is 0 Å². The minimum Gasteiger partial charge on any atom is -0.272 e. The molecule has 4 heteroatoms. The Hall–Kier alpha value is -3.79. The zero-order valence-corrected chi connectivity index (χ0v) is 19.9. The summed E-state index contributed by atoms with van der Waals surface area (Å²) in [6.45, 7) is 6.62. The molecule has 170 valence electrons. The number of amidine groups is 1.